The van der Waals surface area contributed by atoms with E-state index in [0.717, 1.165) is 4.90 Å². The first-order valence-corrected chi connectivity index (χ1v) is 4.75. The molecule has 0 aliphatic heterocycles. The van der Waals surface area contributed by atoms with Crippen molar-refractivity contribution >= 4 is 12.1 Å². The molecule has 0 spiro atoms. The number of ether oxygens (including phenoxy) is 1. The molecule has 0 aromatic heterocycles. The number of aliphatic carboxylic acids is 1. The Balaban J connectivity index is 2.63. The first-order chi connectivity index (χ1) is 7.52. The molecule has 1 rings (SSSR count). The number of hydrogen-bond donors (Lipinski definition) is 1. The van der Waals surface area contributed by atoms with Gasteiger partial charge in [0.1, 0.15) is 11.8 Å². The van der Waals surface area contributed by atoms with Gasteiger partial charge in [0.05, 0.1) is 0 Å². The lowest BCUT2D eigenvalue weighted by atomic mass is 10.3. The van der Waals surface area contributed by atoms with Gasteiger partial charge in [0.15, 0.2) is 0 Å². The van der Waals surface area contributed by atoms with Crippen molar-refractivity contribution in [3.63, 3.8) is 0 Å². The van der Waals surface area contributed by atoms with Crippen LogP contribution in [0, 0.1) is 0 Å². The van der Waals surface area contributed by atoms with Crippen LogP contribution >= 0.6 is 0 Å². The Bertz CT molecular complexity index is 377. The summed E-state index contributed by atoms with van der Waals surface area (Å²) in [5.74, 6) is -0.690. The zero-order chi connectivity index (χ0) is 12.1. The van der Waals surface area contributed by atoms with Crippen LogP contribution in [0.2, 0.25) is 0 Å². The topological polar surface area (TPSA) is 66.8 Å². The van der Waals surface area contributed by atoms with Crippen molar-refractivity contribution in [1.29, 1.82) is 0 Å². The van der Waals surface area contributed by atoms with Crippen molar-refractivity contribution in [2.75, 3.05) is 7.05 Å². The lowest BCUT2D eigenvalue weighted by Gasteiger charge is -2.20. The molecule has 1 N–H and O–H groups in total. The van der Waals surface area contributed by atoms with Crippen LogP contribution in [0.1, 0.15) is 6.92 Å². The summed E-state index contributed by atoms with van der Waals surface area (Å²) in [4.78, 5) is 23.2. The monoisotopic (exact) mass is 223 g/mol. The molecule has 0 aliphatic rings. The zero-order valence-corrected chi connectivity index (χ0v) is 9.08. The van der Waals surface area contributed by atoms with Crippen molar-refractivity contribution in [2.45, 2.75) is 13.0 Å². The number of carboxylic acid groups (broad SMARTS) is 1. The normalized spacial score (nSPS) is 11.6. The lowest BCUT2D eigenvalue weighted by molar-refractivity contribution is -0.141. The quantitative estimate of drug-likeness (QED) is 0.845. The number of hydrogen-bond acceptors (Lipinski definition) is 3. The molecule has 1 amide bonds. The zero-order valence-electron chi connectivity index (χ0n) is 9.08. The molecule has 86 valence electrons. The van der Waals surface area contributed by atoms with E-state index in [4.69, 9.17) is 9.84 Å². The highest BCUT2D eigenvalue weighted by Gasteiger charge is 2.23. The molecule has 16 heavy (non-hydrogen) atoms. The van der Waals surface area contributed by atoms with Gasteiger partial charge in [-0.2, -0.15) is 0 Å². The summed E-state index contributed by atoms with van der Waals surface area (Å²) in [7, 11) is 1.38. The first kappa shape index (κ1) is 12.0. The van der Waals surface area contributed by atoms with Crippen LogP contribution in [0.15, 0.2) is 30.3 Å². The van der Waals surface area contributed by atoms with E-state index >= 15 is 0 Å². The largest absolute Gasteiger partial charge is 0.480 e. The number of likely N-dealkylation sites (N-methyl/N-ethyl adjacent to an activating group) is 1. The number of rotatable bonds is 3. The number of amides is 1. The molecular formula is C11H13NO4. The highest BCUT2D eigenvalue weighted by molar-refractivity contribution is 5.80. The maximum absolute atomic E-state index is 11.5. The van der Waals surface area contributed by atoms with Gasteiger partial charge >= 0.3 is 12.1 Å². The molecule has 0 unspecified atom stereocenters. The molecule has 0 heterocycles. The second-order valence-corrected chi connectivity index (χ2v) is 3.31. The maximum Gasteiger partial charge on any atom is 0.415 e. The summed E-state index contributed by atoms with van der Waals surface area (Å²) in [5.41, 5.74) is 0. The minimum Gasteiger partial charge on any atom is -0.480 e. The number of carbonyl (C=O) groups excluding carboxylic acids is 1. The first-order valence-electron chi connectivity index (χ1n) is 4.75. The van der Waals surface area contributed by atoms with Gasteiger partial charge in [0.25, 0.3) is 0 Å². The lowest BCUT2D eigenvalue weighted by Crippen LogP contribution is -2.41. The van der Waals surface area contributed by atoms with Gasteiger partial charge in [-0.1, -0.05) is 18.2 Å². The molecule has 0 saturated heterocycles. The molecule has 1 atom stereocenters. The molecule has 5 nitrogen and oxygen atoms in total. The highest BCUT2D eigenvalue weighted by atomic mass is 16.6. The summed E-state index contributed by atoms with van der Waals surface area (Å²) in [6, 6.07) is 7.57. The second kappa shape index (κ2) is 5.16. The Morgan fingerprint density at radius 2 is 1.88 bits per heavy atom. The third-order valence-corrected chi connectivity index (χ3v) is 2.17. The molecule has 5 heteroatoms. The van der Waals surface area contributed by atoms with Crippen molar-refractivity contribution in [3.8, 4) is 5.75 Å². The molecule has 1 aromatic carbocycles. The van der Waals surface area contributed by atoms with Crippen molar-refractivity contribution in [2.24, 2.45) is 0 Å². The molecule has 0 radical (unpaired) electrons. The van der Waals surface area contributed by atoms with Gasteiger partial charge in [0.2, 0.25) is 0 Å². The summed E-state index contributed by atoms with van der Waals surface area (Å²) >= 11 is 0. The SMILES string of the molecule is C[C@@H](C(=O)O)N(C)C(=O)Oc1ccccc1. The van der Waals surface area contributed by atoms with Crippen LogP contribution in [0.4, 0.5) is 4.79 Å². The maximum atomic E-state index is 11.5. The predicted molar refractivity (Wildman–Crippen MR) is 57.3 cm³/mol. The van der Waals surface area contributed by atoms with Crippen LogP contribution < -0.4 is 4.74 Å². The van der Waals surface area contributed by atoms with Gasteiger partial charge in [-0.15, -0.1) is 0 Å². The molecular weight excluding hydrogens is 210 g/mol. The van der Waals surface area contributed by atoms with E-state index in [2.05, 4.69) is 0 Å². The van der Waals surface area contributed by atoms with E-state index in [0.29, 0.717) is 5.75 Å². The minimum absolute atomic E-state index is 0.386. The Labute approximate surface area is 93.2 Å². The van der Waals surface area contributed by atoms with Crippen molar-refractivity contribution < 1.29 is 19.4 Å². The van der Waals surface area contributed by atoms with E-state index in [-0.39, 0.29) is 0 Å². The van der Waals surface area contributed by atoms with E-state index in [1.807, 2.05) is 0 Å². The highest BCUT2D eigenvalue weighted by Crippen LogP contribution is 2.10. The van der Waals surface area contributed by atoms with Crippen LogP contribution in [-0.2, 0) is 4.79 Å². The number of nitrogens with zero attached hydrogens (tertiary/aromatic N) is 1. The van der Waals surface area contributed by atoms with Gasteiger partial charge < -0.3 is 9.84 Å². The third-order valence-electron chi connectivity index (χ3n) is 2.17. The third kappa shape index (κ3) is 2.98. The van der Waals surface area contributed by atoms with Crippen LogP contribution in [0.25, 0.3) is 0 Å². The number of carboxylic acids is 1. The van der Waals surface area contributed by atoms with E-state index < -0.39 is 18.1 Å². The van der Waals surface area contributed by atoms with Gasteiger partial charge in [0, 0.05) is 7.05 Å². The minimum atomic E-state index is -1.08. The average molecular weight is 223 g/mol. The Morgan fingerprint density at radius 3 is 2.38 bits per heavy atom. The standard InChI is InChI=1S/C11H13NO4/c1-8(10(13)14)12(2)11(15)16-9-6-4-3-5-7-9/h3-8H,1-2H3,(H,13,14)/t8-/m0/s1. The molecule has 0 bridgehead atoms. The molecule has 1 aromatic rings. The van der Waals surface area contributed by atoms with Gasteiger partial charge in [-0.05, 0) is 19.1 Å². The Hall–Kier alpha value is -2.04. The molecule has 0 aliphatic carbocycles. The van der Waals surface area contributed by atoms with Crippen molar-refractivity contribution in [1.82, 2.24) is 4.90 Å². The van der Waals surface area contributed by atoms with Crippen molar-refractivity contribution in [3.05, 3.63) is 30.3 Å². The van der Waals surface area contributed by atoms with E-state index in [1.54, 1.807) is 30.3 Å². The van der Waals surface area contributed by atoms with Crippen LogP contribution in [0.5, 0.6) is 5.75 Å². The Morgan fingerprint density at radius 1 is 1.31 bits per heavy atom. The van der Waals surface area contributed by atoms with Crippen LogP contribution in [0.3, 0.4) is 0 Å². The fourth-order valence-corrected chi connectivity index (χ4v) is 0.985. The van der Waals surface area contributed by atoms with Crippen LogP contribution in [-0.4, -0.2) is 35.2 Å². The Kier molecular flexibility index (Phi) is 3.88. The molecule has 0 saturated carbocycles. The number of carbonyl (C=O) groups is 2. The van der Waals surface area contributed by atoms with E-state index in [9.17, 15) is 9.59 Å². The summed E-state index contributed by atoms with van der Waals surface area (Å²) in [5, 5.41) is 8.72. The number of para-hydroxylation sites is 1. The predicted octanol–water partition coefficient (Wildman–Crippen LogP) is 1.59. The fraction of sp³-hybridized carbons (Fsp3) is 0.273. The van der Waals surface area contributed by atoms with E-state index in [1.165, 1.54) is 14.0 Å². The smallest absolute Gasteiger partial charge is 0.415 e. The molecule has 0 fully saturated rings. The second-order valence-electron chi connectivity index (χ2n) is 3.31. The number of benzene rings is 1. The summed E-state index contributed by atoms with van der Waals surface area (Å²) < 4.78 is 4.97. The summed E-state index contributed by atoms with van der Waals surface area (Å²) in [6.45, 7) is 1.41. The fourth-order valence-electron chi connectivity index (χ4n) is 0.985. The average Bonchev–Trinajstić information content (AvgIpc) is 2.28. The van der Waals surface area contributed by atoms with Gasteiger partial charge in [-0.25, -0.2) is 9.59 Å². The summed E-state index contributed by atoms with van der Waals surface area (Å²) in [6.07, 6.45) is -0.693. The van der Waals surface area contributed by atoms with Gasteiger partial charge in [-0.3, -0.25) is 4.90 Å².